The molecule has 0 aliphatic carbocycles. The molecule has 18 nitrogen and oxygen atoms in total. The number of nitrogen functional groups attached to an aromatic ring is 2. The van der Waals surface area contributed by atoms with Gasteiger partial charge in [-0.2, -0.15) is 0 Å². The van der Waals surface area contributed by atoms with Crippen molar-refractivity contribution in [1.82, 2.24) is 0 Å². The summed E-state index contributed by atoms with van der Waals surface area (Å²) in [5, 5.41) is 23.4. The smallest absolute Gasteiger partial charge is 0.744 e. The minimum atomic E-state index is -5.95. The van der Waals surface area contributed by atoms with E-state index in [1.54, 1.807) is 0 Å². The van der Waals surface area contributed by atoms with Gasteiger partial charge in [0.1, 0.15) is 73.1 Å². The minimum absolute atomic E-state index is 0. The SMILES string of the molecule is Nc1c(S(=O)(=O)[O-])c(N=Nc2c(S(=O)(=O)[O-])c(N)c3c(O)cccc3c2S(=O)(=O)[O-])c(S(=O)(=O)[O-])c2cccc(O)c12.[Na+].[Na+].[Na+].[Na+]. The number of rotatable bonds is 6. The van der Waals surface area contributed by atoms with Gasteiger partial charge >= 0.3 is 118 Å². The number of anilines is 2. The van der Waals surface area contributed by atoms with Crippen LogP contribution in [0.3, 0.4) is 0 Å². The molecule has 0 aromatic heterocycles. The quantitative estimate of drug-likeness (QED) is 0.0615. The Kier molecular flexibility index (Phi) is 15.8. The summed E-state index contributed by atoms with van der Waals surface area (Å²) in [4.78, 5) is -6.85. The largest absolute Gasteiger partial charge is 1.00 e. The fourth-order valence-corrected chi connectivity index (χ4v) is 7.53. The molecule has 26 heteroatoms. The van der Waals surface area contributed by atoms with Gasteiger partial charge in [-0.25, -0.2) is 33.7 Å². The summed E-state index contributed by atoms with van der Waals surface area (Å²) in [5.74, 6) is -1.80. The molecule has 0 fully saturated rings. The van der Waals surface area contributed by atoms with Gasteiger partial charge < -0.3 is 39.9 Å². The van der Waals surface area contributed by atoms with E-state index in [4.69, 9.17) is 11.5 Å². The molecule has 0 saturated heterocycles. The Morgan fingerprint density at radius 2 is 0.761 bits per heavy atom. The number of aromatic hydroxyl groups is 2. The summed E-state index contributed by atoms with van der Waals surface area (Å²) < 4.78 is 147. The average Bonchev–Trinajstić information content (AvgIpc) is 2.79. The molecule has 0 aliphatic rings. The molecule has 224 valence electrons. The van der Waals surface area contributed by atoms with Gasteiger partial charge in [-0.15, -0.1) is 10.2 Å². The Labute approximate surface area is 349 Å². The summed E-state index contributed by atoms with van der Waals surface area (Å²) >= 11 is 0. The van der Waals surface area contributed by atoms with Gasteiger partial charge in [0.05, 0.1) is 21.2 Å². The number of fused-ring (bicyclic) bond motifs is 2. The predicted octanol–water partition coefficient (Wildman–Crippen LogP) is -11.4. The summed E-state index contributed by atoms with van der Waals surface area (Å²) in [7, 11) is -23.7. The van der Waals surface area contributed by atoms with Crippen LogP contribution in [0.5, 0.6) is 11.5 Å². The molecule has 0 spiro atoms. The van der Waals surface area contributed by atoms with Crippen molar-refractivity contribution in [3.8, 4) is 11.5 Å². The van der Waals surface area contributed by atoms with Crippen LogP contribution in [0, 0.1) is 0 Å². The summed E-state index contributed by atoms with van der Waals surface area (Å²) in [6.45, 7) is 0. The zero-order valence-electron chi connectivity index (χ0n) is 23.9. The Hall–Kier alpha value is -0.160. The first kappa shape index (κ1) is 45.8. The van der Waals surface area contributed by atoms with Gasteiger partial charge in [0.2, 0.25) is 0 Å². The van der Waals surface area contributed by atoms with E-state index in [0.29, 0.717) is 0 Å². The molecule has 6 N–H and O–H groups in total. The van der Waals surface area contributed by atoms with Crippen LogP contribution in [-0.4, -0.2) is 62.1 Å². The molecule has 0 unspecified atom stereocenters. The van der Waals surface area contributed by atoms with E-state index in [2.05, 4.69) is 10.2 Å². The molecule has 0 heterocycles. The monoisotopic (exact) mass is 752 g/mol. The third kappa shape index (κ3) is 8.58. The van der Waals surface area contributed by atoms with Crippen LogP contribution >= 0.6 is 0 Å². The Balaban J connectivity index is 0.00000506. The van der Waals surface area contributed by atoms with Crippen molar-refractivity contribution < 1.29 is 180 Å². The van der Waals surface area contributed by atoms with Crippen molar-refractivity contribution in [2.45, 2.75) is 19.6 Å². The summed E-state index contributed by atoms with van der Waals surface area (Å²) in [5.41, 5.74) is 5.76. The second-order valence-corrected chi connectivity index (χ2v) is 13.5. The van der Waals surface area contributed by atoms with Crippen LogP contribution in [-0.2, 0) is 40.5 Å². The Morgan fingerprint density at radius 1 is 0.500 bits per heavy atom. The molecular formula is C20H12N4Na4O14S4. The first-order valence-electron chi connectivity index (χ1n) is 10.5. The van der Waals surface area contributed by atoms with Gasteiger partial charge in [0.15, 0.2) is 0 Å². The molecule has 0 aliphatic heterocycles. The number of hydrogen-bond acceptors (Lipinski definition) is 18. The van der Waals surface area contributed by atoms with Crippen LogP contribution < -0.4 is 130 Å². The van der Waals surface area contributed by atoms with E-state index >= 15 is 0 Å². The Bertz CT molecular complexity index is 2190. The number of nitrogens with zero attached hydrogens (tertiary/aromatic N) is 2. The van der Waals surface area contributed by atoms with E-state index < -0.39 is 116 Å². The van der Waals surface area contributed by atoms with Gasteiger partial charge in [0, 0.05) is 21.5 Å². The normalized spacial score (nSPS) is 12.2. The number of nitrogens with two attached hydrogens (primary N) is 2. The second kappa shape index (κ2) is 15.8. The fraction of sp³-hybridized carbons (Fsp3) is 0. The van der Waals surface area contributed by atoms with E-state index in [1.165, 1.54) is 0 Å². The fourth-order valence-electron chi connectivity index (χ4n) is 4.26. The summed E-state index contributed by atoms with van der Waals surface area (Å²) in [6.07, 6.45) is 0. The minimum Gasteiger partial charge on any atom is -0.744 e. The van der Waals surface area contributed by atoms with Crippen LogP contribution in [0.1, 0.15) is 0 Å². The molecule has 0 bridgehead atoms. The van der Waals surface area contributed by atoms with Gasteiger partial charge in [-0.05, 0) is 12.1 Å². The van der Waals surface area contributed by atoms with E-state index in [-0.39, 0.29) is 118 Å². The number of phenolic OH excluding ortho intramolecular Hbond substituents is 2. The molecule has 4 aromatic rings. The van der Waals surface area contributed by atoms with Gasteiger partial charge in [-0.3, -0.25) is 0 Å². The maximum absolute atomic E-state index is 12.3. The number of phenols is 2. The number of azo groups is 1. The van der Waals surface area contributed by atoms with E-state index in [9.17, 15) is 62.1 Å². The van der Waals surface area contributed by atoms with Crippen molar-refractivity contribution in [3.05, 3.63) is 36.4 Å². The van der Waals surface area contributed by atoms with Crippen LogP contribution in [0.15, 0.2) is 66.2 Å². The first-order chi connectivity index (χ1) is 19.1. The molecule has 4 aromatic carbocycles. The molecule has 0 saturated carbocycles. The van der Waals surface area contributed by atoms with Crippen LogP contribution in [0.4, 0.5) is 22.7 Å². The second-order valence-electron chi connectivity index (χ2n) is 8.26. The summed E-state index contributed by atoms with van der Waals surface area (Å²) in [6, 6.07) is 5.36. The number of hydrogen-bond donors (Lipinski definition) is 4. The maximum Gasteiger partial charge on any atom is 1.00 e. The first-order valence-corrected chi connectivity index (χ1v) is 16.1. The predicted molar refractivity (Wildman–Crippen MR) is 136 cm³/mol. The Morgan fingerprint density at radius 3 is 1.00 bits per heavy atom. The topological polar surface area (TPSA) is 346 Å². The van der Waals surface area contributed by atoms with E-state index in [0.717, 1.165) is 36.4 Å². The zero-order chi connectivity index (χ0) is 31.7. The average molecular weight is 753 g/mol. The van der Waals surface area contributed by atoms with Gasteiger partial charge in [0.25, 0.3) is 0 Å². The van der Waals surface area contributed by atoms with Crippen LogP contribution in [0.2, 0.25) is 0 Å². The standard InChI is InChI=1S/C20H16N4O14S4.4Na/c21-13-11-7(3-1-5-9(11)25)17(39(27,28)29)15(19(13)41(33,34)35)23-24-16-18(40(30,31)32)8-4-2-6-10(26)12(8)14(22)20(16)42(36,37)38;;;;/h1-6,25-26H,21-22H2,(H,27,28,29)(H,30,31,32)(H,33,34,35)(H,36,37,38);;;;/q;4*+1/p-4. The molecular weight excluding hydrogens is 740 g/mol. The van der Waals surface area contributed by atoms with Crippen molar-refractivity contribution >= 4 is 84.8 Å². The van der Waals surface area contributed by atoms with Crippen LogP contribution in [0.25, 0.3) is 21.5 Å². The third-order valence-corrected chi connectivity index (χ3v) is 9.37. The van der Waals surface area contributed by atoms with E-state index in [1.807, 2.05) is 0 Å². The third-order valence-electron chi connectivity index (χ3n) is 5.71. The molecule has 0 atom stereocenters. The molecule has 0 radical (unpaired) electrons. The molecule has 4 rings (SSSR count). The van der Waals surface area contributed by atoms with Crippen molar-refractivity contribution in [1.29, 1.82) is 0 Å². The molecule has 0 amide bonds. The van der Waals surface area contributed by atoms with Gasteiger partial charge in [-0.1, -0.05) is 24.3 Å². The van der Waals surface area contributed by atoms with Crippen molar-refractivity contribution in [2.24, 2.45) is 10.2 Å². The maximum atomic E-state index is 12.3. The van der Waals surface area contributed by atoms with Crippen molar-refractivity contribution in [3.63, 3.8) is 0 Å². The van der Waals surface area contributed by atoms with Crippen molar-refractivity contribution in [2.75, 3.05) is 11.5 Å². The zero-order valence-corrected chi connectivity index (χ0v) is 35.2. The number of benzene rings is 4. The molecule has 46 heavy (non-hydrogen) atoms.